The number of alkyl halides is 2. The van der Waals surface area contributed by atoms with Gasteiger partial charge in [-0.15, -0.1) is 23.2 Å². The van der Waals surface area contributed by atoms with Crippen LogP contribution in [0.2, 0.25) is 0 Å². The summed E-state index contributed by atoms with van der Waals surface area (Å²) in [6.45, 7) is -0.331. The first-order chi connectivity index (χ1) is 9.75. The summed E-state index contributed by atoms with van der Waals surface area (Å²) < 4.78 is 52.2. The molecule has 0 heterocycles. The summed E-state index contributed by atoms with van der Waals surface area (Å²) in [5.74, 6) is -3.05. The Hall–Kier alpha value is -1.03. The van der Waals surface area contributed by atoms with Crippen LogP contribution in [-0.2, 0) is 10.0 Å². The minimum absolute atomic E-state index is 0.0823. The third-order valence-corrected chi connectivity index (χ3v) is 4.74. The highest BCUT2D eigenvalue weighted by Crippen LogP contribution is 2.27. The van der Waals surface area contributed by atoms with Gasteiger partial charge in [-0.05, 0) is 0 Å². The topological polar surface area (TPSA) is 80.5 Å². The standard InChI is InChI=1S/C10H10Cl2F2N2O4S/c11-1-3-15(4-2-12)21(19,20)10-6-9(16(17)18)7(13)5-8(10)14/h5-6H,1-4H2. The van der Waals surface area contributed by atoms with E-state index >= 15 is 0 Å². The van der Waals surface area contributed by atoms with Gasteiger partial charge in [0.2, 0.25) is 15.8 Å². The lowest BCUT2D eigenvalue weighted by Crippen LogP contribution is -2.35. The van der Waals surface area contributed by atoms with Crippen LogP contribution in [0.25, 0.3) is 0 Å². The molecular weight excluding hydrogens is 353 g/mol. The summed E-state index contributed by atoms with van der Waals surface area (Å²) >= 11 is 10.9. The molecule has 118 valence electrons. The largest absolute Gasteiger partial charge is 0.306 e. The summed E-state index contributed by atoms with van der Waals surface area (Å²) in [5.41, 5.74) is -1.13. The summed E-state index contributed by atoms with van der Waals surface area (Å²) in [6.07, 6.45) is 0. The molecule has 0 saturated heterocycles. The normalized spacial score (nSPS) is 11.9. The van der Waals surface area contributed by atoms with Gasteiger partial charge in [-0.2, -0.15) is 8.70 Å². The van der Waals surface area contributed by atoms with Gasteiger partial charge in [-0.25, -0.2) is 12.8 Å². The Balaban J connectivity index is 3.42. The number of benzene rings is 1. The molecule has 0 spiro atoms. The number of rotatable bonds is 7. The Kier molecular flexibility index (Phi) is 6.26. The Morgan fingerprint density at radius 2 is 1.67 bits per heavy atom. The molecule has 0 unspecified atom stereocenters. The van der Waals surface area contributed by atoms with Gasteiger partial charge in [0.25, 0.3) is 0 Å². The average molecular weight is 363 g/mol. The number of nitro benzene ring substituents is 1. The third-order valence-electron chi connectivity index (χ3n) is 2.48. The van der Waals surface area contributed by atoms with Crippen LogP contribution >= 0.6 is 23.2 Å². The molecule has 0 aliphatic carbocycles. The van der Waals surface area contributed by atoms with Crippen molar-refractivity contribution in [3.05, 3.63) is 33.9 Å². The first-order valence-corrected chi connectivity index (χ1v) is 8.02. The number of sulfonamides is 1. The van der Waals surface area contributed by atoms with Crippen LogP contribution in [-0.4, -0.2) is 42.5 Å². The zero-order valence-electron chi connectivity index (χ0n) is 10.4. The fraction of sp³-hybridized carbons (Fsp3) is 0.400. The van der Waals surface area contributed by atoms with Crippen molar-refractivity contribution in [2.45, 2.75) is 4.90 Å². The van der Waals surface area contributed by atoms with Crippen molar-refractivity contribution in [1.29, 1.82) is 0 Å². The Bertz CT molecular complexity index is 636. The third kappa shape index (κ3) is 4.00. The molecule has 0 amide bonds. The monoisotopic (exact) mass is 362 g/mol. The predicted octanol–water partition coefficient (Wildman–Crippen LogP) is 2.34. The van der Waals surface area contributed by atoms with Crippen LogP contribution in [0.15, 0.2) is 17.0 Å². The van der Waals surface area contributed by atoms with Gasteiger partial charge in [-0.1, -0.05) is 0 Å². The van der Waals surface area contributed by atoms with E-state index in [2.05, 4.69) is 0 Å². The molecule has 0 saturated carbocycles. The van der Waals surface area contributed by atoms with E-state index in [1.807, 2.05) is 0 Å². The van der Waals surface area contributed by atoms with Crippen molar-refractivity contribution in [1.82, 2.24) is 4.31 Å². The highest BCUT2D eigenvalue weighted by molar-refractivity contribution is 7.89. The maximum atomic E-state index is 13.7. The van der Waals surface area contributed by atoms with Gasteiger partial charge < -0.3 is 0 Å². The van der Waals surface area contributed by atoms with Crippen molar-refractivity contribution in [2.75, 3.05) is 24.8 Å². The molecular formula is C10H10Cl2F2N2O4S. The molecule has 0 fully saturated rings. The minimum atomic E-state index is -4.41. The zero-order valence-corrected chi connectivity index (χ0v) is 12.8. The highest BCUT2D eigenvalue weighted by atomic mass is 35.5. The number of hydrogen-bond donors (Lipinski definition) is 0. The van der Waals surface area contributed by atoms with Gasteiger partial charge >= 0.3 is 5.69 Å². The summed E-state index contributed by atoms with van der Waals surface area (Å²) in [4.78, 5) is 8.49. The maximum absolute atomic E-state index is 13.7. The van der Waals surface area contributed by atoms with Crippen molar-refractivity contribution >= 4 is 38.9 Å². The first-order valence-electron chi connectivity index (χ1n) is 5.51. The maximum Gasteiger partial charge on any atom is 0.306 e. The van der Waals surface area contributed by atoms with Crippen molar-refractivity contribution in [3.8, 4) is 0 Å². The smallest absolute Gasteiger partial charge is 0.258 e. The number of nitrogens with zero attached hydrogens (tertiary/aromatic N) is 2. The summed E-state index contributed by atoms with van der Waals surface area (Å²) in [5, 5.41) is 10.6. The van der Waals surface area contributed by atoms with Crippen LogP contribution in [0.4, 0.5) is 14.5 Å². The zero-order chi connectivity index (χ0) is 16.2. The van der Waals surface area contributed by atoms with Gasteiger partial charge in [0.15, 0.2) is 0 Å². The van der Waals surface area contributed by atoms with Gasteiger partial charge in [0.1, 0.15) is 10.7 Å². The second-order valence-corrected chi connectivity index (χ2v) is 6.44. The van der Waals surface area contributed by atoms with E-state index in [-0.39, 0.29) is 30.9 Å². The second kappa shape index (κ2) is 7.30. The van der Waals surface area contributed by atoms with Crippen LogP contribution in [0.3, 0.4) is 0 Å². The Morgan fingerprint density at radius 3 is 2.10 bits per heavy atom. The molecule has 0 aliphatic heterocycles. The van der Waals surface area contributed by atoms with E-state index in [0.29, 0.717) is 6.07 Å². The van der Waals surface area contributed by atoms with E-state index in [9.17, 15) is 27.3 Å². The lowest BCUT2D eigenvalue weighted by molar-refractivity contribution is -0.387. The fourth-order valence-electron chi connectivity index (χ4n) is 1.54. The van der Waals surface area contributed by atoms with Crippen molar-refractivity contribution in [2.24, 2.45) is 0 Å². The van der Waals surface area contributed by atoms with E-state index in [4.69, 9.17) is 23.2 Å². The van der Waals surface area contributed by atoms with Gasteiger partial charge in [0, 0.05) is 37.0 Å². The SMILES string of the molecule is O=[N+]([O-])c1cc(S(=O)(=O)N(CCCl)CCCl)c(F)cc1F. The van der Waals surface area contributed by atoms with E-state index in [1.54, 1.807) is 0 Å². The molecule has 11 heteroatoms. The number of nitro groups is 1. The molecule has 0 radical (unpaired) electrons. The Labute approximate surface area is 129 Å². The Morgan fingerprint density at radius 1 is 1.14 bits per heavy atom. The van der Waals surface area contributed by atoms with Crippen LogP contribution in [0, 0.1) is 21.7 Å². The fourth-order valence-corrected chi connectivity index (χ4v) is 3.65. The van der Waals surface area contributed by atoms with Gasteiger partial charge in [0.05, 0.1) is 4.92 Å². The molecule has 0 atom stereocenters. The van der Waals surface area contributed by atoms with Gasteiger partial charge in [-0.3, -0.25) is 10.1 Å². The van der Waals surface area contributed by atoms with Crippen LogP contribution in [0.5, 0.6) is 0 Å². The average Bonchev–Trinajstić information content (AvgIpc) is 2.37. The minimum Gasteiger partial charge on any atom is -0.258 e. The molecule has 21 heavy (non-hydrogen) atoms. The van der Waals surface area contributed by atoms with Crippen molar-refractivity contribution < 1.29 is 22.1 Å². The lowest BCUT2D eigenvalue weighted by Gasteiger charge is -2.20. The second-order valence-electron chi connectivity index (χ2n) is 3.77. The van der Waals surface area contributed by atoms with Crippen molar-refractivity contribution in [3.63, 3.8) is 0 Å². The quantitative estimate of drug-likeness (QED) is 0.423. The molecule has 0 bridgehead atoms. The van der Waals surface area contributed by atoms with Crippen LogP contribution < -0.4 is 0 Å². The molecule has 1 rings (SSSR count). The first kappa shape index (κ1) is 18.0. The lowest BCUT2D eigenvalue weighted by atomic mass is 10.3. The molecule has 1 aromatic rings. The molecule has 0 aromatic heterocycles. The predicted molar refractivity (Wildman–Crippen MR) is 73.2 cm³/mol. The van der Waals surface area contributed by atoms with E-state index in [0.717, 1.165) is 4.31 Å². The van der Waals surface area contributed by atoms with E-state index in [1.165, 1.54) is 0 Å². The highest BCUT2D eigenvalue weighted by Gasteiger charge is 2.30. The summed E-state index contributed by atoms with van der Waals surface area (Å²) in [6, 6.07) is 0.500. The van der Waals surface area contributed by atoms with Crippen LogP contribution in [0.1, 0.15) is 0 Å². The number of halogens is 4. The summed E-state index contributed by atoms with van der Waals surface area (Å²) in [7, 11) is -4.41. The number of hydrogen-bond acceptors (Lipinski definition) is 4. The molecule has 1 aromatic carbocycles. The molecule has 6 nitrogen and oxygen atoms in total. The van der Waals surface area contributed by atoms with E-state index < -0.39 is 37.2 Å². The molecule has 0 aliphatic rings. The molecule has 0 N–H and O–H groups in total.